The Morgan fingerprint density at radius 2 is 0.750 bits per heavy atom. The first-order valence-electron chi connectivity index (χ1n) is 31.5. The summed E-state index contributed by atoms with van der Waals surface area (Å²) in [5.74, 6) is 1.66. The van der Waals surface area contributed by atoms with Crippen LogP contribution in [-0.2, 0) is 28.2 Å². The molecule has 18 heteroatoms. The molecule has 0 bridgehead atoms. The van der Waals surface area contributed by atoms with Gasteiger partial charge < -0.3 is 0 Å². The second-order valence-corrected chi connectivity index (χ2v) is 23.3. The summed E-state index contributed by atoms with van der Waals surface area (Å²) in [6.07, 6.45) is 33.5. The molecule has 13 rings (SSSR count). The maximum absolute atomic E-state index is 4.18. The minimum absolute atomic E-state index is 0.829. The third-order valence-electron chi connectivity index (χ3n) is 12.9. The zero-order valence-electron chi connectivity index (χ0n) is 61.5. The van der Waals surface area contributed by atoms with Crippen LogP contribution in [0.2, 0.25) is 0 Å². The third-order valence-corrected chi connectivity index (χ3v) is 12.9. The molecule has 96 heavy (non-hydrogen) atoms. The zero-order valence-corrected chi connectivity index (χ0v) is 61.5. The number of pyridine rings is 6. The molecule has 0 spiro atoms. The van der Waals surface area contributed by atoms with E-state index < -0.39 is 0 Å². The fourth-order valence-electron chi connectivity index (χ4n) is 7.54. The fraction of sp³-hybridized carbons (Fsp3) is 0.308. The second-order valence-electron chi connectivity index (χ2n) is 23.3. The Hall–Kier alpha value is -10.6. The topological polar surface area (TPSA) is 200 Å². The lowest BCUT2D eigenvalue weighted by Gasteiger charge is -1.98. The number of aromatic nitrogens is 18. The minimum atomic E-state index is 0.829. The van der Waals surface area contributed by atoms with Crippen LogP contribution in [0.25, 0.3) is 10.8 Å². The van der Waals surface area contributed by atoms with Crippen molar-refractivity contribution < 1.29 is 0 Å². The summed E-state index contributed by atoms with van der Waals surface area (Å²) in [5.41, 5.74) is 21.2. The van der Waals surface area contributed by atoms with Gasteiger partial charge >= 0.3 is 0 Å². The van der Waals surface area contributed by atoms with E-state index in [4.69, 9.17) is 0 Å². The summed E-state index contributed by atoms with van der Waals surface area (Å²) in [7, 11) is 7.68. The van der Waals surface area contributed by atoms with Gasteiger partial charge in [-0.3, -0.25) is 48.6 Å². The van der Waals surface area contributed by atoms with Gasteiger partial charge in [0.05, 0.1) is 23.8 Å². The summed E-state index contributed by atoms with van der Waals surface area (Å²) >= 11 is 0. The van der Waals surface area contributed by atoms with Gasteiger partial charge in [0, 0.05) is 156 Å². The molecule has 13 aromatic rings. The molecule has 0 saturated heterocycles. The molecule has 18 nitrogen and oxygen atoms in total. The van der Waals surface area contributed by atoms with Crippen molar-refractivity contribution in [1.82, 2.24) is 89.0 Å². The molecule has 12 aromatic heterocycles. The Labute approximate surface area is 572 Å². The molecule has 0 saturated carbocycles. The highest BCUT2D eigenvalue weighted by Crippen LogP contribution is 2.15. The van der Waals surface area contributed by atoms with Gasteiger partial charge in [0.1, 0.15) is 11.6 Å². The lowest BCUT2D eigenvalue weighted by molar-refractivity contribution is 0.731. The molecule has 0 unspecified atom stereocenters. The molecule has 0 N–H and O–H groups in total. The summed E-state index contributed by atoms with van der Waals surface area (Å²) in [5, 5.41) is 18.5. The van der Waals surface area contributed by atoms with Crippen molar-refractivity contribution in [2.75, 3.05) is 0 Å². The number of benzene rings is 1. The van der Waals surface area contributed by atoms with E-state index in [0.717, 1.165) is 51.2 Å². The minimum Gasteiger partial charge on any atom is -0.276 e. The Kier molecular flexibility index (Phi) is 38.7. The number of hydrogen-bond donors (Lipinski definition) is 0. The molecular formula is C78H104N18. The largest absolute Gasteiger partial charge is 0.276 e. The number of nitrogens with zero attached hydrogens (tertiary/aromatic N) is 18. The number of hydrogen-bond acceptors (Lipinski definition) is 14. The second kappa shape index (κ2) is 45.6. The highest BCUT2D eigenvalue weighted by Gasteiger charge is 1.95. The maximum Gasteiger partial charge on any atom is 0.125 e. The van der Waals surface area contributed by atoms with Crippen LogP contribution in [0.15, 0.2) is 196 Å². The predicted octanol–water partition coefficient (Wildman–Crippen LogP) is 16.4. The lowest BCUT2D eigenvalue weighted by atomic mass is 10.1. The van der Waals surface area contributed by atoms with E-state index in [0.29, 0.717) is 0 Å². The highest BCUT2D eigenvalue weighted by atomic mass is 15.3. The summed E-state index contributed by atoms with van der Waals surface area (Å²) in [6, 6.07) is 28.6. The molecule has 0 aliphatic carbocycles. The van der Waals surface area contributed by atoms with Gasteiger partial charge in [0.25, 0.3) is 0 Å². The molecule has 0 amide bonds. The van der Waals surface area contributed by atoms with E-state index in [9.17, 15) is 0 Å². The molecule has 0 fully saturated rings. The van der Waals surface area contributed by atoms with E-state index in [1.54, 1.807) is 26.4 Å². The SMILES string of the molecule is Cc1cc(C)n(C)n1.Cc1ccc(C)nc1.Cc1ccc(C)nc1.Cc1ccn(C)n1.Cc1ccncc1.Cc1cnc(C)c(C)c1.Cc1cnc(C)nc1.Cc1cnc(C)nc1.Cc1cncc(C)c1.Cc1cncc2ccccc12.Cc1cnn(C)c1.Cc1cnn(C)c1. The van der Waals surface area contributed by atoms with E-state index >= 15 is 0 Å². The first-order valence-corrected chi connectivity index (χ1v) is 31.5. The van der Waals surface area contributed by atoms with E-state index in [2.05, 4.69) is 140 Å². The smallest absolute Gasteiger partial charge is 0.125 e. The fourth-order valence-corrected chi connectivity index (χ4v) is 7.54. The first kappa shape index (κ1) is 81.5. The van der Waals surface area contributed by atoms with Crippen LogP contribution in [0.3, 0.4) is 0 Å². The van der Waals surface area contributed by atoms with Crippen molar-refractivity contribution in [2.45, 2.75) is 138 Å². The van der Waals surface area contributed by atoms with Gasteiger partial charge in [-0.2, -0.15) is 20.4 Å². The average molecular weight is 1290 g/mol. The Morgan fingerprint density at radius 3 is 1.02 bits per heavy atom. The van der Waals surface area contributed by atoms with Gasteiger partial charge in [-0.1, -0.05) is 48.5 Å². The Morgan fingerprint density at radius 1 is 0.292 bits per heavy atom. The molecule has 12 heterocycles. The van der Waals surface area contributed by atoms with Gasteiger partial charge in [-0.05, 0) is 247 Å². The van der Waals surface area contributed by atoms with Gasteiger partial charge in [0.15, 0.2) is 0 Å². The van der Waals surface area contributed by atoms with Crippen molar-refractivity contribution in [3.63, 3.8) is 0 Å². The van der Waals surface area contributed by atoms with Gasteiger partial charge in [-0.15, -0.1) is 0 Å². The van der Waals surface area contributed by atoms with Crippen LogP contribution in [0, 0.1) is 138 Å². The van der Waals surface area contributed by atoms with Crippen LogP contribution >= 0.6 is 0 Å². The normalized spacial score (nSPS) is 9.46. The number of fused-ring (bicyclic) bond motifs is 1. The van der Waals surface area contributed by atoms with E-state index in [-0.39, 0.29) is 0 Å². The van der Waals surface area contributed by atoms with E-state index in [1.807, 2.05) is 286 Å². The summed E-state index contributed by atoms with van der Waals surface area (Å²) < 4.78 is 7.23. The van der Waals surface area contributed by atoms with Crippen LogP contribution in [0.4, 0.5) is 0 Å². The summed E-state index contributed by atoms with van der Waals surface area (Å²) in [4.78, 5) is 40.1. The quantitative estimate of drug-likeness (QED) is 0.139. The van der Waals surface area contributed by atoms with Crippen molar-refractivity contribution in [3.8, 4) is 0 Å². The van der Waals surface area contributed by atoms with Crippen LogP contribution < -0.4 is 0 Å². The number of aryl methyl sites for hydroxylation is 24. The van der Waals surface area contributed by atoms with Crippen LogP contribution in [0.5, 0.6) is 0 Å². The van der Waals surface area contributed by atoms with E-state index in [1.165, 1.54) is 72.1 Å². The highest BCUT2D eigenvalue weighted by molar-refractivity contribution is 5.84. The van der Waals surface area contributed by atoms with Gasteiger partial charge in [-0.25, -0.2) is 19.9 Å². The third kappa shape index (κ3) is 39.0. The molecule has 1 aromatic carbocycles. The molecular weight excluding hydrogens is 1190 g/mol. The van der Waals surface area contributed by atoms with Crippen LogP contribution in [-0.4, -0.2) is 89.0 Å². The monoisotopic (exact) mass is 1290 g/mol. The van der Waals surface area contributed by atoms with Gasteiger partial charge in [0.2, 0.25) is 0 Å². The molecule has 0 atom stereocenters. The van der Waals surface area contributed by atoms with Crippen molar-refractivity contribution in [1.29, 1.82) is 0 Å². The summed E-state index contributed by atoms with van der Waals surface area (Å²) in [6.45, 7) is 40.1. The average Bonchev–Trinajstić information content (AvgIpc) is 1.27. The van der Waals surface area contributed by atoms with Crippen molar-refractivity contribution in [3.05, 3.63) is 309 Å². The standard InChI is InChI=1S/C10H9N.C8H11N.3C7H9N.C6H10N2.2C6H8N2.C6H7N.3C5H8N2/c1-8-6-11-7-9-4-2-3-5-10(8)9;1-6-4-7(2)8(3)9-5-6;1-6-3-7(2)5-8-4-6;2*1-6-3-4-7(2)8-5-6;1-5-4-6(2)8(3)7-5;2*1-5-3-7-6(2)8-4-5;1-6-2-4-7-5-3-6;2*1-5-3-6-7(2)4-5;1-5-3-4-7(2)6-5/h2-7H,1H3;4-5H,1-3H3;3*3-5H,1-2H3;4H,1-3H3;2*3-4H,1-2H3;2-5H,1H3;3*3-4H,1-2H3. The zero-order chi connectivity index (χ0) is 71.5. The lowest BCUT2D eigenvalue weighted by Crippen LogP contribution is -1.91. The molecule has 0 aliphatic heterocycles. The Balaban J connectivity index is 0.000000357. The molecule has 0 radical (unpaired) electrons. The molecule has 506 valence electrons. The first-order chi connectivity index (χ1) is 45.5. The number of rotatable bonds is 0. The Bertz CT molecular complexity index is 3710. The molecule has 0 aliphatic rings. The maximum atomic E-state index is 4.18. The van der Waals surface area contributed by atoms with Crippen LogP contribution in [0.1, 0.15) is 113 Å². The predicted molar refractivity (Wildman–Crippen MR) is 395 cm³/mol. The van der Waals surface area contributed by atoms with Crippen molar-refractivity contribution >= 4 is 10.8 Å². The van der Waals surface area contributed by atoms with Crippen molar-refractivity contribution in [2.24, 2.45) is 28.2 Å².